The Kier molecular flexibility index (Phi) is 5.10. The van der Waals surface area contributed by atoms with Crippen LogP contribution in [-0.2, 0) is 0 Å². The molecule has 0 aromatic heterocycles. The van der Waals surface area contributed by atoms with Crippen molar-refractivity contribution >= 4 is 29.9 Å². The molecule has 0 bridgehead atoms. The molecular weight excluding hydrogens is 325 g/mol. The van der Waals surface area contributed by atoms with E-state index in [0.29, 0.717) is 11.5 Å². The van der Waals surface area contributed by atoms with E-state index in [1.54, 1.807) is 0 Å². The van der Waals surface area contributed by atoms with Crippen LogP contribution in [-0.4, -0.2) is 25.1 Å². The molecule has 17 heavy (non-hydrogen) atoms. The highest BCUT2D eigenvalue weighted by Crippen LogP contribution is 2.51. The van der Waals surface area contributed by atoms with Crippen molar-refractivity contribution in [3.05, 3.63) is 0 Å². The Bertz CT molecular complexity index is 288. The maximum atomic E-state index is 4.68. The van der Waals surface area contributed by atoms with Crippen molar-refractivity contribution in [1.29, 1.82) is 0 Å². The summed E-state index contributed by atoms with van der Waals surface area (Å²) in [6.07, 6.45) is 2.62. The predicted molar refractivity (Wildman–Crippen MR) is 84.0 cm³/mol. The van der Waals surface area contributed by atoms with Gasteiger partial charge in [-0.15, -0.1) is 24.0 Å². The van der Waals surface area contributed by atoms with Gasteiger partial charge in [0.15, 0.2) is 5.96 Å². The van der Waals surface area contributed by atoms with E-state index in [0.717, 1.165) is 30.9 Å². The van der Waals surface area contributed by atoms with Gasteiger partial charge in [0, 0.05) is 19.1 Å². The first kappa shape index (κ1) is 15.1. The fraction of sp³-hybridized carbons (Fsp3) is 0.923. The molecule has 0 aromatic rings. The fourth-order valence-electron chi connectivity index (χ4n) is 2.11. The third kappa shape index (κ3) is 4.30. The molecular formula is C13H26IN3. The minimum atomic E-state index is 0. The van der Waals surface area contributed by atoms with Gasteiger partial charge in [-0.25, -0.2) is 0 Å². The predicted octanol–water partition coefficient (Wildman–Crippen LogP) is 2.61. The van der Waals surface area contributed by atoms with Gasteiger partial charge >= 0.3 is 0 Å². The van der Waals surface area contributed by atoms with Gasteiger partial charge in [-0.05, 0) is 37.0 Å². The molecule has 4 heteroatoms. The number of nitrogens with zero attached hydrogens (tertiary/aromatic N) is 1. The van der Waals surface area contributed by atoms with Crippen LogP contribution in [0.4, 0.5) is 0 Å². The highest BCUT2D eigenvalue weighted by atomic mass is 127. The van der Waals surface area contributed by atoms with E-state index in [1.165, 1.54) is 12.8 Å². The summed E-state index contributed by atoms with van der Waals surface area (Å²) in [6, 6.07) is 0.657. The minimum Gasteiger partial charge on any atom is -0.357 e. The fourth-order valence-corrected chi connectivity index (χ4v) is 2.11. The normalized spacial score (nSPS) is 33.6. The van der Waals surface area contributed by atoms with Crippen LogP contribution in [0.25, 0.3) is 0 Å². The maximum absolute atomic E-state index is 4.68. The van der Waals surface area contributed by atoms with E-state index in [9.17, 15) is 0 Å². The molecule has 2 fully saturated rings. The summed E-state index contributed by atoms with van der Waals surface area (Å²) in [5.41, 5.74) is 0.535. The number of hydrogen-bond donors (Lipinski definition) is 2. The second kappa shape index (κ2) is 5.76. The summed E-state index contributed by atoms with van der Waals surface area (Å²) in [5.74, 6) is 2.63. The van der Waals surface area contributed by atoms with Crippen molar-refractivity contribution in [1.82, 2.24) is 10.6 Å². The van der Waals surface area contributed by atoms with Crippen LogP contribution in [0.3, 0.4) is 0 Å². The van der Waals surface area contributed by atoms with E-state index >= 15 is 0 Å². The third-order valence-electron chi connectivity index (χ3n) is 3.96. The molecule has 0 amide bonds. The molecule has 2 rings (SSSR count). The Labute approximate surface area is 122 Å². The van der Waals surface area contributed by atoms with Gasteiger partial charge < -0.3 is 10.6 Å². The Morgan fingerprint density at radius 3 is 2.41 bits per heavy atom. The molecule has 0 saturated heterocycles. The lowest BCUT2D eigenvalue weighted by Gasteiger charge is -2.10. The SMILES string of the molecule is CCNC(=NCC1CC1(C)C)NC1CC1C.I. The van der Waals surface area contributed by atoms with Crippen LogP contribution >= 0.6 is 24.0 Å². The number of guanidine groups is 1. The lowest BCUT2D eigenvalue weighted by Crippen LogP contribution is -2.39. The van der Waals surface area contributed by atoms with Gasteiger partial charge in [0.05, 0.1) is 0 Å². The molecule has 3 nitrogen and oxygen atoms in total. The highest BCUT2D eigenvalue weighted by molar-refractivity contribution is 14.0. The summed E-state index contributed by atoms with van der Waals surface area (Å²) in [7, 11) is 0. The molecule has 3 atom stereocenters. The van der Waals surface area contributed by atoms with Gasteiger partial charge in [0.25, 0.3) is 0 Å². The van der Waals surface area contributed by atoms with Gasteiger partial charge in [0.2, 0.25) is 0 Å². The average molecular weight is 351 g/mol. The molecule has 0 radical (unpaired) electrons. The number of aliphatic imine (C=N–C) groups is 1. The Balaban J connectivity index is 0.00000144. The number of halogens is 1. The van der Waals surface area contributed by atoms with Gasteiger partial charge in [-0.1, -0.05) is 20.8 Å². The second-order valence-electron chi connectivity index (χ2n) is 6.07. The Hall–Kier alpha value is 0. The Morgan fingerprint density at radius 2 is 2.00 bits per heavy atom. The molecule has 2 aliphatic rings. The average Bonchev–Trinajstić information content (AvgIpc) is 3.03. The molecule has 0 aromatic carbocycles. The van der Waals surface area contributed by atoms with Crippen LogP contribution in [0.1, 0.15) is 40.5 Å². The van der Waals surface area contributed by atoms with Crippen LogP contribution in [0, 0.1) is 17.3 Å². The van der Waals surface area contributed by atoms with Crippen molar-refractivity contribution in [2.75, 3.05) is 13.1 Å². The highest BCUT2D eigenvalue weighted by Gasteiger charge is 2.45. The molecule has 0 spiro atoms. The van der Waals surface area contributed by atoms with Crippen LogP contribution in [0.15, 0.2) is 4.99 Å². The van der Waals surface area contributed by atoms with E-state index in [4.69, 9.17) is 0 Å². The molecule has 0 heterocycles. The molecule has 2 N–H and O–H groups in total. The summed E-state index contributed by atoms with van der Waals surface area (Å²) < 4.78 is 0. The minimum absolute atomic E-state index is 0. The third-order valence-corrected chi connectivity index (χ3v) is 3.96. The topological polar surface area (TPSA) is 36.4 Å². The molecule has 2 aliphatic carbocycles. The quantitative estimate of drug-likeness (QED) is 0.464. The molecule has 100 valence electrons. The zero-order valence-electron chi connectivity index (χ0n) is 11.4. The monoisotopic (exact) mass is 351 g/mol. The number of hydrogen-bond acceptors (Lipinski definition) is 1. The Morgan fingerprint density at radius 1 is 1.41 bits per heavy atom. The van der Waals surface area contributed by atoms with Crippen LogP contribution in [0.2, 0.25) is 0 Å². The zero-order chi connectivity index (χ0) is 11.8. The first-order chi connectivity index (χ1) is 7.53. The maximum Gasteiger partial charge on any atom is 0.191 e. The summed E-state index contributed by atoms with van der Waals surface area (Å²) in [5, 5.41) is 6.81. The summed E-state index contributed by atoms with van der Waals surface area (Å²) in [4.78, 5) is 4.68. The van der Waals surface area contributed by atoms with Crippen molar-refractivity contribution in [3.8, 4) is 0 Å². The summed E-state index contributed by atoms with van der Waals surface area (Å²) in [6.45, 7) is 11.0. The van der Waals surface area contributed by atoms with E-state index in [1.807, 2.05) is 0 Å². The van der Waals surface area contributed by atoms with Gasteiger partial charge in [0.1, 0.15) is 0 Å². The van der Waals surface area contributed by atoms with Gasteiger partial charge in [-0.2, -0.15) is 0 Å². The lowest BCUT2D eigenvalue weighted by atomic mass is 10.1. The number of rotatable bonds is 4. The first-order valence-corrected chi connectivity index (χ1v) is 6.58. The standard InChI is InChI=1S/C13H25N3.HI/c1-5-14-12(16-11-6-9(11)2)15-8-10-7-13(10,3)4;/h9-11H,5-8H2,1-4H3,(H2,14,15,16);1H. The molecule has 3 unspecified atom stereocenters. The van der Waals surface area contributed by atoms with Crippen LogP contribution < -0.4 is 10.6 Å². The van der Waals surface area contributed by atoms with E-state index < -0.39 is 0 Å². The smallest absolute Gasteiger partial charge is 0.191 e. The van der Waals surface area contributed by atoms with Crippen molar-refractivity contribution < 1.29 is 0 Å². The zero-order valence-corrected chi connectivity index (χ0v) is 13.7. The van der Waals surface area contributed by atoms with Crippen molar-refractivity contribution in [2.24, 2.45) is 22.2 Å². The molecule has 0 aliphatic heterocycles. The number of nitrogens with one attached hydrogen (secondary N) is 2. The van der Waals surface area contributed by atoms with Gasteiger partial charge in [-0.3, -0.25) is 4.99 Å². The van der Waals surface area contributed by atoms with Crippen molar-refractivity contribution in [2.45, 2.75) is 46.6 Å². The lowest BCUT2D eigenvalue weighted by molar-refractivity contribution is 0.564. The van der Waals surface area contributed by atoms with E-state index in [-0.39, 0.29) is 24.0 Å². The van der Waals surface area contributed by atoms with Crippen molar-refractivity contribution in [3.63, 3.8) is 0 Å². The van der Waals surface area contributed by atoms with Crippen LogP contribution in [0.5, 0.6) is 0 Å². The molecule has 2 saturated carbocycles. The first-order valence-electron chi connectivity index (χ1n) is 6.58. The second-order valence-corrected chi connectivity index (χ2v) is 6.07. The largest absolute Gasteiger partial charge is 0.357 e. The van der Waals surface area contributed by atoms with E-state index in [2.05, 4.69) is 43.3 Å². The summed E-state index contributed by atoms with van der Waals surface area (Å²) >= 11 is 0.